The van der Waals surface area contributed by atoms with E-state index in [1.165, 1.54) is 0 Å². The molecule has 1 amide bonds. The van der Waals surface area contributed by atoms with Crippen molar-refractivity contribution in [3.05, 3.63) is 24.4 Å². The maximum absolute atomic E-state index is 11.0. The van der Waals surface area contributed by atoms with Crippen molar-refractivity contribution in [1.82, 2.24) is 19.4 Å². The molecule has 33 heavy (non-hydrogen) atoms. The number of piperidine rings is 1. The van der Waals surface area contributed by atoms with Crippen LogP contribution in [-0.2, 0) is 11.3 Å². The lowest BCUT2D eigenvalue weighted by molar-refractivity contribution is -0.119. The largest absolute Gasteiger partial charge is 0.454 e. The van der Waals surface area contributed by atoms with Crippen LogP contribution in [0.3, 0.4) is 0 Å². The molecule has 0 aliphatic carbocycles. The Balaban J connectivity index is 1.46. The molecule has 2 aliphatic heterocycles. The summed E-state index contributed by atoms with van der Waals surface area (Å²) in [6, 6.07) is 6.00. The second kappa shape index (κ2) is 9.01. The highest BCUT2D eigenvalue weighted by Crippen LogP contribution is 2.44. The van der Waals surface area contributed by atoms with E-state index in [2.05, 4.69) is 14.5 Å². The second-order valence-corrected chi connectivity index (χ2v) is 9.66. The molecule has 9 nitrogen and oxygen atoms in total. The van der Waals surface area contributed by atoms with Crippen LogP contribution in [0.15, 0.2) is 34.4 Å². The van der Waals surface area contributed by atoms with Crippen molar-refractivity contribution in [2.24, 2.45) is 5.92 Å². The summed E-state index contributed by atoms with van der Waals surface area (Å²) in [4.78, 5) is 25.1. The average molecular weight is 469 g/mol. The number of benzene rings is 1. The summed E-state index contributed by atoms with van der Waals surface area (Å²) in [6.07, 6.45) is 5.78. The molecule has 3 aromatic rings. The lowest BCUT2D eigenvalue weighted by Crippen LogP contribution is -2.32. The molecule has 10 heteroatoms. The molecule has 0 bridgehead atoms. The Labute approximate surface area is 196 Å². The van der Waals surface area contributed by atoms with Gasteiger partial charge in [0.05, 0.1) is 11.2 Å². The fourth-order valence-electron chi connectivity index (χ4n) is 4.45. The molecule has 2 N–H and O–H groups in total. The van der Waals surface area contributed by atoms with Gasteiger partial charge in [-0.3, -0.25) is 4.79 Å². The van der Waals surface area contributed by atoms with Gasteiger partial charge in [-0.05, 0) is 43.0 Å². The van der Waals surface area contributed by atoms with Crippen molar-refractivity contribution < 1.29 is 14.3 Å². The SMILES string of the molecule is CN(C)c1cc2c(cc1Sc1nc3c(N)nccc3n1CCC1CCN(C=O)CC1)OCO2. The number of imidazole rings is 1. The van der Waals surface area contributed by atoms with Gasteiger partial charge in [0.25, 0.3) is 0 Å². The van der Waals surface area contributed by atoms with Crippen molar-refractivity contribution in [3.63, 3.8) is 0 Å². The van der Waals surface area contributed by atoms with Crippen LogP contribution in [-0.4, -0.2) is 59.8 Å². The smallest absolute Gasteiger partial charge is 0.231 e. The van der Waals surface area contributed by atoms with Gasteiger partial charge >= 0.3 is 0 Å². The molecular weight excluding hydrogens is 440 g/mol. The van der Waals surface area contributed by atoms with E-state index in [-0.39, 0.29) is 6.79 Å². The average Bonchev–Trinajstić information content (AvgIpc) is 3.42. The number of nitrogen functional groups attached to an aromatic ring is 1. The van der Waals surface area contributed by atoms with Crippen LogP contribution >= 0.6 is 11.8 Å². The van der Waals surface area contributed by atoms with Crippen molar-refractivity contribution in [2.75, 3.05) is 44.6 Å². The minimum absolute atomic E-state index is 0.236. The molecule has 5 rings (SSSR count). The second-order valence-electron chi connectivity index (χ2n) is 8.65. The number of nitrogens with zero attached hydrogens (tertiary/aromatic N) is 5. The third-order valence-corrected chi connectivity index (χ3v) is 7.40. The third kappa shape index (κ3) is 4.27. The molecular formula is C23H28N6O3S. The zero-order chi connectivity index (χ0) is 22.9. The predicted octanol–water partition coefficient (Wildman–Crippen LogP) is 3.22. The fourth-order valence-corrected chi connectivity index (χ4v) is 5.59. The van der Waals surface area contributed by atoms with E-state index in [0.29, 0.717) is 11.7 Å². The zero-order valence-corrected chi connectivity index (χ0v) is 19.7. The van der Waals surface area contributed by atoms with Crippen LogP contribution in [0.25, 0.3) is 11.0 Å². The van der Waals surface area contributed by atoms with E-state index in [1.807, 2.05) is 37.2 Å². The first kappa shape index (κ1) is 21.7. The molecule has 0 atom stereocenters. The molecule has 2 aromatic heterocycles. The first-order valence-corrected chi connectivity index (χ1v) is 11.9. The molecule has 1 aromatic carbocycles. The van der Waals surface area contributed by atoms with Gasteiger partial charge in [-0.25, -0.2) is 9.97 Å². The van der Waals surface area contributed by atoms with Crippen LogP contribution < -0.4 is 20.1 Å². The van der Waals surface area contributed by atoms with Crippen molar-refractivity contribution in [1.29, 1.82) is 0 Å². The number of aryl methyl sites for hydroxylation is 1. The van der Waals surface area contributed by atoms with E-state index in [9.17, 15) is 4.79 Å². The zero-order valence-electron chi connectivity index (χ0n) is 18.9. The van der Waals surface area contributed by atoms with E-state index < -0.39 is 0 Å². The molecule has 174 valence electrons. The summed E-state index contributed by atoms with van der Waals surface area (Å²) in [5.74, 6) is 2.52. The Morgan fingerprint density at radius 1 is 1.24 bits per heavy atom. The van der Waals surface area contributed by atoms with Crippen molar-refractivity contribution >= 4 is 40.7 Å². The van der Waals surface area contributed by atoms with Gasteiger partial charge in [-0.1, -0.05) is 0 Å². The summed E-state index contributed by atoms with van der Waals surface area (Å²) in [5.41, 5.74) is 8.92. The number of pyridine rings is 1. The maximum atomic E-state index is 11.0. The van der Waals surface area contributed by atoms with E-state index in [1.54, 1.807) is 18.0 Å². The molecule has 2 aliphatic rings. The van der Waals surface area contributed by atoms with E-state index >= 15 is 0 Å². The number of aromatic nitrogens is 3. The number of likely N-dealkylation sites (tertiary alicyclic amines) is 1. The highest BCUT2D eigenvalue weighted by atomic mass is 32.2. The standard InChI is InChI=1S/C23H28N6O3S/c1-27(2)17-11-18-19(32-14-31-18)12-20(17)33-23-26-21-16(3-7-25-22(21)24)29(23)10-6-15-4-8-28(13-30)9-5-15/h3,7,11-13,15H,4-6,8-10,14H2,1-2H3,(H2,24,25). The number of anilines is 2. The molecule has 0 radical (unpaired) electrons. The lowest BCUT2D eigenvalue weighted by atomic mass is 9.94. The summed E-state index contributed by atoms with van der Waals surface area (Å²) >= 11 is 1.60. The number of nitrogens with two attached hydrogens (primary N) is 1. The number of hydrogen-bond donors (Lipinski definition) is 1. The van der Waals surface area contributed by atoms with Gasteiger partial charge in [0.1, 0.15) is 5.52 Å². The quantitative estimate of drug-likeness (QED) is 0.528. The number of fused-ring (bicyclic) bond motifs is 2. The lowest BCUT2D eigenvalue weighted by Gasteiger charge is -2.29. The first-order valence-electron chi connectivity index (χ1n) is 11.1. The molecule has 1 fully saturated rings. The number of amides is 1. The van der Waals surface area contributed by atoms with Crippen molar-refractivity contribution in [3.8, 4) is 11.5 Å². The van der Waals surface area contributed by atoms with Crippen LogP contribution in [0, 0.1) is 5.92 Å². The molecule has 4 heterocycles. The van der Waals surface area contributed by atoms with Gasteiger partial charge in [0.15, 0.2) is 22.5 Å². The maximum Gasteiger partial charge on any atom is 0.231 e. The number of ether oxygens (including phenoxy) is 2. The van der Waals surface area contributed by atoms with E-state index in [4.69, 9.17) is 20.2 Å². The Bertz CT molecular complexity index is 1170. The number of carbonyl (C=O) groups is 1. The highest BCUT2D eigenvalue weighted by Gasteiger charge is 2.23. The Hall–Kier alpha value is -3.14. The normalized spacial score (nSPS) is 15.9. The minimum atomic E-state index is 0.236. The molecule has 0 spiro atoms. The molecule has 0 unspecified atom stereocenters. The highest BCUT2D eigenvalue weighted by molar-refractivity contribution is 7.99. The van der Waals surface area contributed by atoms with Crippen molar-refractivity contribution in [2.45, 2.75) is 35.9 Å². The number of carbonyl (C=O) groups excluding carboxylic acids is 1. The van der Waals surface area contributed by atoms with E-state index in [0.717, 1.165) is 83.6 Å². The summed E-state index contributed by atoms with van der Waals surface area (Å²) < 4.78 is 13.4. The number of rotatable bonds is 7. The Morgan fingerprint density at radius 2 is 2.00 bits per heavy atom. The van der Waals surface area contributed by atoms with Gasteiger partial charge in [-0.15, -0.1) is 0 Å². The topological polar surface area (TPSA) is 98.7 Å². The van der Waals surface area contributed by atoms with Crippen LogP contribution in [0.5, 0.6) is 11.5 Å². The summed E-state index contributed by atoms with van der Waals surface area (Å²) in [5, 5.41) is 0.872. The first-order chi connectivity index (χ1) is 16.0. The summed E-state index contributed by atoms with van der Waals surface area (Å²) in [7, 11) is 4.02. The summed E-state index contributed by atoms with van der Waals surface area (Å²) in [6.45, 7) is 2.73. The predicted molar refractivity (Wildman–Crippen MR) is 128 cm³/mol. The minimum Gasteiger partial charge on any atom is -0.454 e. The van der Waals surface area contributed by atoms with Crippen LogP contribution in [0.2, 0.25) is 0 Å². The van der Waals surface area contributed by atoms with Crippen LogP contribution in [0.4, 0.5) is 11.5 Å². The van der Waals surface area contributed by atoms with Gasteiger partial charge in [0, 0.05) is 57.0 Å². The Kier molecular flexibility index (Phi) is 5.92. The van der Waals surface area contributed by atoms with Crippen LogP contribution in [0.1, 0.15) is 19.3 Å². The molecule has 0 saturated carbocycles. The monoisotopic (exact) mass is 468 g/mol. The van der Waals surface area contributed by atoms with Gasteiger partial charge in [-0.2, -0.15) is 0 Å². The van der Waals surface area contributed by atoms with Gasteiger partial charge < -0.3 is 29.6 Å². The number of hydrogen-bond acceptors (Lipinski definition) is 8. The fraction of sp³-hybridized carbons (Fsp3) is 0.435. The molecule has 1 saturated heterocycles. The third-order valence-electron chi connectivity index (χ3n) is 6.36. The Morgan fingerprint density at radius 3 is 2.73 bits per heavy atom. The van der Waals surface area contributed by atoms with Gasteiger partial charge in [0.2, 0.25) is 13.2 Å².